The summed E-state index contributed by atoms with van der Waals surface area (Å²) in [5.74, 6) is -2.69. The van der Waals surface area contributed by atoms with Crippen LogP contribution in [0.4, 0.5) is 18.9 Å². The largest absolute Gasteiger partial charge is 0.497 e. The Balaban J connectivity index is 1.41. The number of hydrogen-bond acceptors (Lipinski definition) is 7. The van der Waals surface area contributed by atoms with Gasteiger partial charge in [0.15, 0.2) is 0 Å². The Morgan fingerprint density at radius 1 is 1.18 bits per heavy atom. The smallest absolute Gasteiger partial charge is 0.309 e. The predicted molar refractivity (Wildman–Crippen MR) is 150 cm³/mol. The van der Waals surface area contributed by atoms with Gasteiger partial charge in [-0.15, -0.1) is 11.8 Å². The molecule has 0 radical (unpaired) electrons. The summed E-state index contributed by atoms with van der Waals surface area (Å²) in [7, 11) is 5.30. The normalized spacial score (nSPS) is 16.2. The highest BCUT2D eigenvalue weighted by Gasteiger charge is 2.41. The summed E-state index contributed by atoms with van der Waals surface area (Å²) in [6, 6.07) is 6.79. The number of thioether (sulfide) groups is 1. The van der Waals surface area contributed by atoms with Crippen molar-refractivity contribution in [3.05, 3.63) is 59.5 Å². The van der Waals surface area contributed by atoms with Crippen LogP contribution in [-0.2, 0) is 4.79 Å². The second-order valence-corrected chi connectivity index (χ2v) is 11.5. The van der Waals surface area contributed by atoms with Gasteiger partial charge in [-0.05, 0) is 57.0 Å². The number of methoxy groups -OCH3 is 1. The zero-order valence-electron chi connectivity index (χ0n) is 22.8. The minimum absolute atomic E-state index is 0.217. The standard InChI is InChI=1S/C29H34F3N3O4S/c1-34(2)24-17-33-23-5-4-19(39-3)16-20(23)26(24)25(36)6-7-29(28(37)38)8-10-35(11-9-29)12-13-40-27-21(31)14-18(30)15-22(27)32/h4-5,14-17,25,36H,6-13H2,1-3H3,(H,37,38)/t25-/m1/s1. The number of aliphatic hydroxyl groups excluding tert-OH is 1. The van der Waals surface area contributed by atoms with E-state index in [1.807, 2.05) is 31.1 Å². The fourth-order valence-electron chi connectivity index (χ4n) is 5.29. The molecule has 1 aromatic heterocycles. The van der Waals surface area contributed by atoms with Crippen LogP contribution in [0.1, 0.15) is 37.4 Å². The number of carboxylic acids is 1. The number of pyridine rings is 1. The average Bonchev–Trinajstić information content (AvgIpc) is 2.92. The predicted octanol–water partition coefficient (Wildman–Crippen LogP) is 5.50. The third kappa shape index (κ3) is 6.47. The third-order valence-electron chi connectivity index (χ3n) is 7.69. The van der Waals surface area contributed by atoms with Crippen molar-refractivity contribution >= 4 is 34.3 Å². The molecule has 0 unspecified atom stereocenters. The molecule has 2 aromatic carbocycles. The molecule has 1 fully saturated rings. The van der Waals surface area contributed by atoms with Gasteiger partial charge in [-0.2, -0.15) is 0 Å². The molecule has 4 rings (SSSR count). The summed E-state index contributed by atoms with van der Waals surface area (Å²) in [5, 5.41) is 22.3. The summed E-state index contributed by atoms with van der Waals surface area (Å²) in [6.07, 6.45) is 2.12. The van der Waals surface area contributed by atoms with Gasteiger partial charge in [0.05, 0.1) is 40.9 Å². The summed E-state index contributed by atoms with van der Waals surface area (Å²) >= 11 is 0.975. The lowest BCUT2D eigenvalue weighted by molar-refractivity contribution is -0.153. The molecule has 7 nitrogen and oxygen atoms in total. The van der Waals surface area contributed by atoms with Gasteiger partial charge in [0.1, 0.15) is 23.2 Å². The molecule has 2 N–H and O–H groups in total. The van der Waals surface area contributed by atoms with Crippen molar-refractivity contribution in [1.29, 1.82) is 0 Å². The molecule has 0 amide bonds. The van der Waals surface area contributed by atoms with Crippen LogP contribution in [0.5, 0.6) is 5.75 Å². The Labute approximate surface area is 235 Å². The number of benzene rings is 2. The van der Waals surface area contributed by atoms with Gasteiger partial charge >= 0.3 is 5.97 Å². The molecule has 11 heteroatoms. The van der Waals surface area contributed by atoms with E-state index in [1.54, 1.807) is 19.4 Å². The van der Waals surface area contributed by atoms with Crippen LogP contribution in [-0.4, -0.2) is 72.7 Å². The lowest BCUT2D eigenvalue weighted by atomic mass is 9.74. The van der Waals surface area contributed by atoms with E-state index in [2.05, 4.69) is 9.88 Å². The van der Waals surface area contributed by atoms with E-state index < -0.39 is 34.9 Å². The minimum atomic E-state index is -0.988. The molecule has 1 saturated heterocycles. The van der Waals surface area contributed by atoms with Crippen LogP contribution in [0.2, 0.25) is 0 Å². The molecule has 0 spiro atoms. The fourth-order valence-corrected chi connectivity index (χ4v) is 6.24. The highest BCUT2D eigenvalue weighted by atomic mass is 32.2. The average molecular weight is 578 g/mol. The van der Waals surface area contributed by atoms with Crippen molar-refractivity contribution in [2.24, 2.45) is 5.41 Å². The molecule has 0 aliphatic carbocycles. The first-order valence-corrected chi connectivity index (χ1v) is 14.1. The monoisotopic (exact) mass is 577 g/mol. The van der Waals surface area contributed by atoms with Crippen molar-refractivity contribution < 1.29 is 32.9 Å². The van der Waals surface area contributed by atoms with Crippen molar-refractivity contribution in [1.82, 2.24) is 9.88 Å². The highest BCUT2D eigenvalue weighted by molar-refractivity contribution is 7.99. The maximum absolute atomic E-state index is 13.9. The van der Waals surface area contributed by atoms with E-state index in [9.17, 15) is 28.2 Å². The summed E-state index contributed by atoms with van der Waals surface area (Å²) in [6.45, 7) is 1.53. The van der Waals surface area contributed by atoms with Gasteiger partial charge in [0.2, 0.25) is 0 Å². The first-order valence-electron chi connectivity index (χ1n) is 13.1. The SMILES string of the molecule is COc1ccc2ncc(N(C)C)c([C@H](O)CCC3(C(=O)O)CCN(CCSc4c(F)cc(F)cc4F)CC3)c2c1. The molecule has 40 heavy (non-hydrogen) atoms. The highest BCUT2D eigenvalue weighted by Crippen LogP contribution is 2.41. The number of carbonyl (C=O) groups is 1. The van der Waals surface area contributed by atoms with Gasteiger partial charge in [-0.3, -0.25) is 9.78 Å². The van der Waals surface area contributed by atoms with Crippen molar-refractivity contribution in [3.63, 3.8) is 0 Å². The number of fused-ring (bicyclic) bond motifs is 1. The van der Waals surface area contributed by atoms with E-state index in [-0.39, 0.29) is 11.3 Å². The zero-order valence-corrected chi connectivity index (χ0v) is 23.6. The Bertz CT molecular complexity index is 1340. The maximum Gasteiger partial charge on any atom is 0.309 e. The molecule has 2 heterocycles. The van der Waals surface area contributed by atoms with E-state index in [0.29, 0.717) is 73.6 Å². The van der Waals surface area contributed by atoms with Gasteiger partial charge in [0.25, 0.3) is 0 Å². The number of hydrogen-bond donors (Lipinski definition) is 2. The Morgan fingerprint density at radius 3 is 2.45 bits per heavy atom. The molecule has 0 saturated carbocycles. The zero-order chi connectivity index (χ0) is 29.0. The van der Waals surface area contributed by atoms with Crippen LogP contribution in [0.15, 0.2) is 41.4 Å². The van der Waals surface area contributed by atoms with Crippen LogP contribution in [0.25, 0.3) is 10.9 Å². The summed E-state index contributed by atoms with van der Waals surface area (Å²) in [4.78, 5) is 20.7. The van der Waals surface area contributed by atoms with Crippen LogP contribution < -0.4 is 9.64 Å². The van der Waals surface area contributed by atoms with E-state index in [4.69, 9.17) is 4.74 Å². The van der Waals surface area contributed by atoms with E-state index >= 15 is 0 Å². The second kappa shape index (κ2) is 12.7. The van der Waals surface area contributed by atoms with Crippen molar-refractivity contribution in [2.45, 2.75) is 36.7 Å². The summed E-state index contributed by atoms with van der Waals surface area (Å²) < 4.78 is 46.4. The second-order valence-electron chi connectivity index (χ2n) is 10.4. The number of nitrogens with zero attached hydrogens (tertiary/aromatic N) is 3. The van der Waals surface area contributed by atoms with Crippen LogP contribution in [0, 0.1) is 22.9 Å². The number of aliphatic hydroxyl groups is 1. The first kappa shape index (κ1) is 30.0. The van der Waals surface area contributed by atoms with Gasteiger partial charge in [-0.1, -0.05) is 0 Å². The third-order valence-corrected chi connectivity index (χ3v) is 8.76. The lowest BCUT2D eigenvalue weighted by Gasteiger charge is -2.39. The number of piperidine rings is 1. The van der Waals surface area contributed by atoms with Crippen molar-refractivity contribution in [2.75, 3.05) is 51.5 Å². The Morgan fingerprint density at radius 2 is 1.85 bits per heavy atom. The molecular weight excluding hydrogens is 543 g/mol. The molecule has 216 valence electrons. The molecule has 1 aliphatic rings. The van der Waals surface area contributed by atoms with E-state index in [1.165, 1.54) is 0 Å². The minimum Gasteiger partial charge on any atom is -0.497 e. The van der Waals surface area contributed by atoms with Gasteiger partial charge in [0, 0.05) is 49.5 Å². The fraction of sp³-hybridized carbons (Fsp3) is 0.448. The number of ether oxygens (including phenoxy) is 1. The van der Waals surface area contributed by atoms with Crippen LogP contribution in [0.3, 0.4) is 0 Å². The Hall–Kier alpha value is -3.02. The van der Waals surface area contributed by atoms with E-state index in [0.717, 1.165) is 22.8 Å². The molecule has 1 aliphatic heterocycles. The van der Waals surface area contributed by atoms with Gasteiger partial charge < -0.3 is 24.7 Å². The Kier molecular flexibility index (Phi) is 9.48. The number of halogens is 3. The first-order chi connectivity index (χ1) is 19.0. The number of carboxylic acid groups (broad SMARTS) is 1. The molecular formula is C29H34F3N3O4S. The van der Waals surface area contributed by atoms with Gasteiger partial charge in [-0.25, -0.2) is 13.2 Å². The topological polar surface area (TPSA) is 86.1 Å². The number of aliphatic carboxylic acids is 1. The lowest BCUT2D eigenvalue weighted by Crippen LogP contribution is -2.45. The maximum atomic E-state index is 13.9. The quantitative estimate of drug-likeness (QED) is 0.289. The number of anilines is 1. The summed E-state index contributed by atoms with van der Waals surface area (Å²) in [5.41, 5.74) is 1.15. The molecule has 1 atom stereocenters. The number of rotatable bonds is 11. The molecule has 3 aromatic rings. The van der Waals surface area contributed by atoms with Crippen LogP contribution >= 0.6 is 11.8 Å². The van der Waals surface area contributed by atoms with Crippen molar-refractivity contribution in [3.8, 4) is 5.75 Å². The number of aromatic nitrogens is 1. The number of likely N-dealkylation sites (tertiary alicyclic amines) is 1. The molecule has 0 bridgehead atoms.